The van der Waals surface area contributed by atoms with Gasteiger partial charge >= 0.3 is 0 Å². The average Bonchev–Trinajstić information content (AvgIpc) is 2.46. The Kier molecular flexibility index (Phi) is 6.81. The number of carbonyl (C=O) groups is 1. The van der Waals surface area contributed by atoms with Crippen molar-refractivity contribution in [3.05, 3.63) is 30.1 Å². The van der Waals surface area contributed by atoms with Gasteiger partial charge in [0.05, 0.1) is 5.92 Å². The second-order valence-electron chi connectivity index (χ2n) is 4.87. The maximum atomic E-state index is 12.2. The first-order valence-corrected chi connectivity index (χ1v) is 6.63. The summed E-state index contributed by atoms with van der Waals surface area (Å²) in [4.78, 5) is 18.3. The molecule has 1 aromatic heterocycles. The highest BCUT2D eigenvalue weighted by molar-refractivity contribution is 5.85. The molecule has 2 rings (SSSR count). The zero-order valence-corrected chi connectivity index (χ0v) is 12.2. The summed E-state index contributed by atoms with van der Waals surface area (Å²) in [6.45, 7) is 2.61. The van der Waals surface area contributed by atoms with Crippen molar-refractivity contribution in [3.8, 4) is 0 Å². The van der Waals surface area contributed by atoms with E-state index in [9.17, 15) is 4.79 Å². The minimum Gasteiger partial charge on any atom is -0.345 e. The molecule has 0 aromatic carbocycles. The normalized spacial score (nSPS) is 18.5. The van der Waals surface area contributed by atoms with E-state index in [2.05, 4.69) is 10.3 Å². The van der Waals surface area contributed by atoms with Crippen molar-refractivity contribution >= 4 is 18.3 Å². The van der Waals surface area contributed by atoms with Gasteiger partial charge in [-0.2, -0.15) is 0 Å². The molecule has 1 saturated heterocycles. The number of halogens is 1. The molecule has 0 aliphatic carbocycles. The number of likely N-dealkylation sites (N-methyl/N-ethyl adjacent to an activating group) is 1. The molecule has 1 amide bonds. The molecule has 0 saturated carbocycles. The molecule has 5 heteroatoms. The molecule has 1 fully saturated rings. The van der Waals surface area contributed by atoms with Crippen LogP contribution in [0.3, 0.4) is 0 Å². The smallest absolute Gasteiger partial charge is 0.226 e. The number of hydrogen-bond donors (Lipinski definition) is 1. The van der Waals surface area contributed by atoms with Gasteiger partial charge in [-0.25, -0.2) is 0 Å². The van der Waals surface area contributed by atoms with Crippen LogP contribution in [0.2, 0.25) is 0 Å². The summed E-state index contributed by atoms with van der Waals surface area (Å²) >= 11 is 0. The molecular weight excluding hydrogens is 262 g/mol. The van der Waals surface area contributed by atoms with E-state index < -0.39 is 0 Å². The lowest BCUT2D eigenvalue weighted by atomic mass is 9.98. The van der Waals surface area contributed by atoms with E-state index >= 15 is 0 Å². The third-order valence-corrected chi connectivity index (χ3v) is 3.45. The molecule has 1 atom stereocenters. The maximum Gasteiger partial charge on any atom is 0.226 e. The molecule has 106 valence electrons. The monoisotopic (exact) mass is 283 g/mol. The zero-order valence-electron chi connectivity index (χ0n) is 11.3. The highest BCUT2D eigenvalue weighted by Crippen LogP contribution is 2.12. The van der Waals surface area contributed by atoms with Crippen LogP contribution in [-0.4, -0.2) is 42.5 Å². The number of pyridine rings is 1. The molecule has 1 aliphatic rings. The molecule has 1 aromatic rings. The first-order chi connectivity index (χ1) is 8.77. The van der Waals surface area contributed by atoms with Crippen LogP contribution in [0.4, 0.5) is 0 Å². The van der Waals surface area contributed by atoms with E-state index in [1.54, 1.807) is 6.20 Å². The van der Waals surface area contributed by atoms with Crippen LogP contribution in [0, 0.1) is 5.92 Å². The quantitative estimate of drug-likeness (QED) is 0.911. The third kappa shape index (κ3) is 4.80. The van der Waals surface area contributed by atoms with E-state index in [1.165, 1.54) is 0 Å². The number of nitrogens with one attached hydrogen (secondary N) is 1. The summed E-state index contributed by atoms with van der Waals surface area (Å²) in [5.74, 6) is 0.422. The fourth-order valence-electron chi connectivity index (χ4n) is 2.31. The van der Waals surface area contributed by atoms with Crippen molar-refractivity contribution in [2.45, 2.75) is 19.3 Å². The van der Waals surface area contributed by atoms with Gasteiger partial charge in [-0.3, -0.25) is 9.78 Å². The van der Waals surface area contributed by atoms with Gasteiger partial charge in [0, 0.05) is 38.4 Å². The van der Waals surface area contributed by atoms with Crippen LogP contribution in [0.1, 0.15) is 18.5 Å². The number of hydrogen-bond acceptors (Lipinski definition) is 3. The second kappa shape index (κ2) is 8.12. The van der Waals surface area contributed by atoms with Crippen molar-refractivity contribution in [2.24, 2.45) is 5.92 Å². The summed E-state index contributed by atoms with van der Waals surface area (Å²) in [5, 5.41) is 3.28. The Morgan fingerprint density at radius 2 is 2.37 bits per heavy atom. The topological polar surface area (TPSA) is 45.2 Å². The van der Waals surface area contributed by atoms with Gasteiger partial charge in [-0.15, -0.1) is 12.4 Å². The van der Waals surface area contributed by atoms with Crippen LogP contribution in [0.15, 0.2) is 24.4 Å². The molecule has 0 bridgehead atoms. The van der Waals surface area contributed by atoms with E-state index in [0.717, 1.165) is 44.6 Å². The molecule has 0 spiro atoms. The number of amides is 1. The first-order valence-electron chi connectivity index (χ1n) is 6.63. The first kappa shape index (κ1) is 15.9. The largest absolute Gasteiger partial charge is 0.345 e. The Balaban J connectivity index is 0.00000180. The molecule has 19 heavy (non-hydrogen) atoms. The summed E-state index contributed by atoms with van der Waals surface area (Å²) in [7, 11) is 1.89. The van der Waals surface area contributed by atoms with Crippen molar-refractivity contribution in [1.29, 1.82) is 0 Å². The molecule has 1 aliphatic heterocycles. The SMILES string of the molecule is CN(CCc1ccccn1)C(=O)C1CCCNC1.Cl. The van der Waals surface area contributed by atoms with Crippen molar-refractivity contribution in [1.82, 2.24) is 15.2 Å². The van der Waals surface area contributed by atoms with Gasteiger partial charge in [0.25, 0.3) is 0 Å². The van der Waals surface area contributed by atoms with E-state index in [-0.39, 0.29) is 24.2 Å². The van der Waals surface area contributed by atoms with Gasteiger partial charge in [0.1, 0.15) is 0 Å². The van der Waals surface area contributed by atoms with Crippen molar-refractivity contribution in [2.75, 3.05) is 26.7 Å². The summed E-state index contributed by atoms with van der Waals surface area (Å²) < 4.78 is 0. The number of carbonyl (C=O) groups excluding carboxylic acids is 1. The van der Waals surface area contributed by atoms with Crippen LogP contribution in [0.25, 0.3) is 0 Å². The second-order valence-corrected chi connectivity index (χ2v) is 4.87. The van der Waals surface area contributed by atoms with E-state index in [1.807, 2.05) is 30.1 Å². The maximum absolute atomic E-state index is 12.2. The van der Waals surface area contributed by atoms with Crippen LogP contribution >= 0.6 is 12.4 Å². The van der Waals surface area contributed by atoms with Gasteiger partial charge in [-0.05, 0) is 31.5 Å². The van der Waals surface area contributed by atoms with Crippen molar-refractivity contribution in [3.63, 3.8) is 0 Å². The minimum absolute atomic E-state index is 0. The number of piperidine rings is 1. The minimum atomic E-state index is 0. The lowest BCUT2D eigenvalue weighted by Crippen LogP contribution is -2.42. The van der Waals surface area contributed by atoms with Crippen molar-refractivity contribution < 1.29 is 4.79 Å². The summed E-state index contributed by atoms with van der Waals surface area (Å²) in [6.07, 6.45) is 4.73. The Morgan fingerprint density at radius 3 is 3.00 bits per heavy atom. The molecule has 0 radical (unpaired) electrons. The van der Waals surface area contributed by atoms with Crippen LogP contribution < -0.4 is 5.32 Å². The average molecular weight is 284 g/mol. The molecule has 1 N–H and O–H groups in total. The summed E-state index contributed by atoms with van der Waals surface area (Å²) in [6, 6.07) is 5.89. The van der Waals surface area contributed by atoms with E-state index in [0.29, 0.717) is 0 Å². The van der Waals surface area contributed by atoms with Gasteiger partial charge in [0.2, 0.25) is 5.91 Å². The Bertz CT molecular complexity index is 380. The fraction of sp³-hybridized carbons (Fsp3) is 0.571. The molecule has 2 heterocycles. The predicted molar refractivity (Wildman–Crippen MR) is 78.4 cm³/mol. The highest BCUT2D eigenvalue weighted by Gasteiger charge is 2.23. The van der Waals surface area contributed by atoms with Gasteiger partial charge in [0.15, 0.2) is 0 Å². The fourth-order valence-corrected chi connectivity index (χ4v) is 2.31. The van der Waals surface area contributed by atoms with E-state index in [4.69, 9.17) is 0 Å². The van der Waals surface area contributed by atoms with Crippen LogP contribution in [-0.2, 0) is 11.2 Å². The Morgan fingerprint density at radius 1 is 1.53 bits per heavy atom. The molecule has 4 nitrogen and oxygen atoms in total. The Labute approximate surface area is 121 Å². The van der Waals surface area contributed by atoms with Gasteiger partial charge < -0.3 is 10.2 Å². The standard InChI is InChI=1S/C14H21N3O.ClH/c1-17(10-7-13-6-2-3-9-16-13)14(18)12-5-4-8-15-11-12;/h2-3,6,9,12,15H,4-5,7-8,10-11H2,1H3;1H. The number of rotatable bonds is 4. The number of aromatic nitrogens is 1. The molecular formula is C14H22ClN3O. The number of nitrogens with zero attached hydrogens (tertiary/aromatic N) is 2. The Hall–Kier alpha value is -1.13. The lowest BCUT2D eigenvalue weighted by molar-refractivity contribution is -0.134. The third-order valence-electron chi connectivity index (χ3n) is 3.45. The molecule has 1 unspecified atom stereocenters. The van der Waals surface area contributed by atoms with Gasteiger partial charge in [-0.1, -0.05) is 6.07 Å². The highest BCUT2D eigenvalue weighted by atomic mass is 35.5. The zero-order chi connectivity index (χ0) is 12.8. The van der Waals surface area contributed by atoms with Crippen LogP contribution in [0.5, 0.6) is 0 Å². The summed E-state index contributed by atoms with van der Waals surface area (Å²) in [5.41, 5.74) is 1.04. The lowest BCUT2D eigenvalue weighted by Gasteiger charge is -2.26. The predicted octanol–water partition coefficient (Wildman–Crippen LogP) is 1.50.